The van der Waals surface area contributed by atoms with Gasteiger partial charge in [-0.25, -0.2) is 0 Å². The summed E-state index contributed by atoms with van der Waals surface area (Å²) in [6.07, 6.45) is 0.932. The SMILES string of the molecule is CCC(CO)CNc1cc(Cl)ccc1Cl. The predicted octanol–water partition coefficient (Wildman–Crippen LogP) is 3.42. The molecule has 2 N–H and O–H groups in total. The molecule has 0 saturated heterocycles. The predicted molar refractivity (Wildman–Crippen MR) is 65.8 cm³/mol. The van der Waals surface area contributed by atoms with Crippen molar-refractivity contribution in [2.75, 3.05) is 18.5 Å². The van der Waals surface area contributed by atoms with E-state index < -0.39 is 0 Å². The molecule has 0 aliphatic carbocycles. The van der Waals surface area contributed by atoms with Gasteiger partial charge in [-0.3, -0.25) is 0 Å². The standard InChI is InChI=1S/C11H15Cl2NO/c1-2-8(7-15)6-14-11-5-9(12)3-4-10(11)13/h3-5,8,14-15H,2,6-7H2,1H3. The lowest BCUT2D eigenvalue weighted by atomic mass is 10.1. The van der Waals surface area contributed by atoms with Gasteiger partial charge in [0.2, 0.25) is 0 Å². The Balaban J connectivity index is 2.60. The lowest BCUT2D eigenvalue weighted by Crippen LogP contribution is -2.17. The Kier molecular flexibility index (Phi) is 5.23. The molecular weight excluding hydrogens is 233 g/mol. The summed E-state index contributed by atoms with van der Waals surface area (Å²) < 4.78 is 0. The monoisotopic (exact) mass is 247 g/mol. The van der Waals surface area contributed by atoms with Gasteiger partial charge in [0, 0.05) is 18.2 Å². The maximum atomic E-state index is 9.03. The van der Waals surface area contributed by atoms with Gasteiger partial charge < -0.3 is 10.4 Å². The smallest absolute Gasteiger partial charge is 0.0638 e. The van der Waals surface area contributed by atoms with E-state index in [-0.39, 0.29) is 12.5 Å². The maximum Gasteiger partial charge on any atom is 0.0638 e. The molecule has 0 radical (unpaired) electrons. The molecule has 0 heterocycles. The largest absolute Gasteiger partial charge is 0.396 e. The second-order valence-corrected chi connectivity index (χ2v) is 4.31. The van der Waals surface area contributed by atoms with E-state index in [0.717, 1.165) is 12.1 Å². The normalized spacial score (nSPS) is 12.5. The van der Waals surface area contributed by atoms with Crippen LogP contribution in [0.3, 0.4) is 0 Å². The van der Waals surface area contributed by atoms with Crippen LogP contribution in [-0.2, 0) is 0 Å². The van der Waals surface area contributed by atoms with Crippen LogP contribution in [0.4, 0.5) is 5.69 Å². The summed E-state index contributed by atoms with van der Waals surface area (Å²) in [6, 6.07) is 5.29. The van der Waals surface area contributed by atoms with Gasteiger partial charge in [0.1, 0.15) is 0 Å². The highest BCUT2D eigenvalue weighted by Gasteiger charge is 2.06. The van der Waals surface area contributed by atoms with Crippen molar-refractivity contribution < 1.29 is 5.11 Å². The molecule has 15 heavy (non-hydrogen) atoms. The van der Waals surface area contributed by atoms with E-state index in [9.17, 15) is 0 Å². The zero-order valence-electron chi connectivity index (χ0n) is 8.63. The third-order valence-corrected chi connectivity index (χ3v) is 2.91. The molecule has 0 saturated carbocycles. The van der Waals surface area contributed by atoms with Crippen molar-refractivity contribution in [1.82, 2.24) is 0 Å². The summed E-state index contributed by atoms with van der Waals surface area (Å²) >= 11 is 11.8. The molecule has 1 aromatic rings. The highest BCUT2D eigenvalue weighted by atomic mass is 35.5. The highest BCUT2D eigenvalue weighted by molar-refractivity contribution is 6.35. The first-order valence-corrected chi connectivity index (χ1v) is 5.72. The number of hydrogen-bond acceptors (Lipinski definition) is 2. The van der Waals surface area contributed by atoms with Gasteiger partial charge in [0.05, 0.1) is 10.7 Å². The highest BCUT2D eigenvalue weighted by Crippen LogP contribution is 2.25. The van der Waals surface area contributed by atoms with Crippen molar-refractivity contribution in [2.24, 2.45) is 5.92 Å². The first-order chi connectivity index (χ1) is 7.17. The molecule has 1 atom stereocenters. The average Bonchev–Trinajstić information content (AvgIpc) is 2.24. The fourth-order valence-corrected chi connectivity index (χ4v) is 1.58. The third-order valence-electron chi connectivity index (χ3n) is 2.35. The number of aliphatic hydroxyl groups is 1. The Hall–Kier alpha value is -0.440. The van der Waals surface area contributed by atoms with E-state index in [2.05, 4.69) is 5.32 Å². The third kappa shape index (κ3) is 3.90. The first kappa shape index (κ1) is 12.6. The minimum Gasteiger partial charge on any atom is -0.396 e. The average molecular weight is 248 g/mol. The molecule has 0 spiro atoms. The van der Waals surface area contributed by atoms with Crippen LogP contribution in [0.5, 0.6) is 0 Å². The Morgan fingerprint density at radius 1 is 1.40 bits per heavy atom. The number of nitrogens with one attached hydrogen (secondary N) is 1. The molecule has 0 aromatic heterocycles. The second kappa shape index (κ2) is 6.21. The molecule has 2 nitrogen and oxygen atoms in total. The van der Waals surface area contributed by atoms with E-state index >= 15 is 0 Å². The lowest BCUT2D eigenvalue weighted by molar-refractivity contribution is 0.230. The molecule has 0 amide bonds. The molecule has 1 unspecified atom stereocenters. The fourth-order valence-electron chi connectivity index (χ4n) is 1.23. The van der Waals surface area contributed by atoms with Gasteiger partial charge in [-0.05, 0) is 30.5 Å². The summed E-state index contributed by atoms with van der Waals surface area (Å²) in [6.45, 7) is 2.93. The van der Waals surface area contributed by atoms with E-state index in [4.69, 9.17) is 28.3 Å². The zero-order valence-corrected chi connectivity index (χ0v) is 10.1. The Morgan fingerprint density at radius 3 is 2.73 bits per heavy atom. The van der Waals surface area contributed by atoms with Crippen LogP contribution in [0.1, 0.15) is 13.3 Å². The van der Waals surface area contributed by atoms with Crippen LogP contribution < -0.4 is 5.32 Å². The first-order valence-electron chi connectivity index (χ1n) is 4.97. The zero-order chi connectivity index (χ0) is 11.3. The summed E-state index contributed by atoms with van der Waals surface area (Å²) in [5.41, 5.74) is 0.816. The number of hydrogen-bond donors (Lipinski definition) is 2. The van der Waals surface area contributed by atoms with E-state index in [1.807, 2.05) is 6.92 Å². The van der Waals surface area contributed by atoms with Gasteiger partial charge in [-0.1, -0.05) is 30.1 Å². The molecule has 0 fully saturated rings. The van der Waals surface area contributed by atoms with Crippen molar-refractivity contribution in [2.45, 2.75) is 13.3 Å². The van der Waals surface area contributed by atoms with Crippen molar-refractivity contribution in [1.29, 1.82) is 0 Å². The summed E-state index contributed by atoms with van der Waals surface area (Å²) in [4.78, 5) is 0. The topological polar surface area (TPSA) is 32.3 Å². The fraction of sp³-hybridized carbons (Fsp3) is 0.455. The van der Waals surface area contributed by atoms with Gasteiger partial charge in [-0.2, -0.15) is 0 Å². The van der Waals surface area contributed by atoms with Crippen LogP contribution in [0.25, 0.3) is 0 Å². The van der Waals surface area contributed by atoms with Crippen molar-refractivity contribution >= 4 is 28.9 Å². The summed E-state index contributed by atoms with van der Waals surface area (Å²) in [7, 11) is 0. The number of benzene rings is 1. The van der Waals surface area contributed by atoms with Gasteiger partial charge in [0.25, 0.3) is 0 Å². The van der Waals surface area contributed by atoms with Gasteiger partial charge in [-0.15, -0.1) is 0 Å². The molecule has 1 aromatic carbocycles. The molecule has 1 rings (SSSR count). The van der Waals surface area contributed by atoms with Crippen molar-refractivity contribution in [3.63, 3.8) is 0 Å². The number of aliphatic hydroxyl groups excluding tert-OH is 1. The molecular formula is C11H15Cl2NO. The van der Waals surface area contributed by atoms with Crippen LogP contribution in [0, 0.1) is 5.92 Å². The van der Waals surface area contributed by atoms with Gasteiger partial charge in [0.15, 0.2) is 0 Å². The number of halogens is 2. The van der Waals surface area contributed by atoms with Crippen LogP contribution in [0.15, 0.2) is 18.2 Å². The molecule has 0 aliphatic rings. The molecule has 84 valence electrons. The van der Waals surface area contributed by atoms with Crippen LogP contribution in [0.2, 0.25) is 10.0 Å². The molecule has 0 aliphatic heterocycles. The van der Waals surface area contributed by atoms with Crippen molar-refractivity contribution in [3.8, 4) is 0 Å². The lowest BCUT2D eigenvalue weighted by Gasteiger charge is -2.14. The summed E-state index contributed by atoms with van der Waals surface area (Å²) in [5.74, 6) is 0.250. The minimum atomic E-state index is 0.182. The van der Waals surface area contributed by atoms with Crippen molar-refractivity contribution in [3.05, 3.63) is 28.2 Å². The number of anilines is 1. The number of rotatable bonds is 5. The van der Waals surface area contributed by atoms with E-state index in [1.165, 1.54) is 0 Å². The van der Waals surface area contributed by atoms with Gasteiger partial charge >= 0.3 is 0 Å². The second-order valence-electron chi connectivity index (χ2n) is 3.46. The Bertz CT molecular complexity index is 313. The van der Waals surface area contributed by atoms with Crippen LogP contribution in [-0.4, -0.2) is 18.3 Å². The molecule has 4 heteroatoms. The quantitative estimate of drug-likeness (QED) is 0.836. The van der Waals surface area contributed by atoms with E-state index in [1.54, 1.807) is 18.2 Å². The Labute approximate surface area is 100 Å². The van der Waals surface area contributed by atoms with Crippen LogP contribution >= 0.6 is 23.2 Å². The van der Waals surface area contributed by atoms with E-state index in [0.29, 0.717) is 16.6 Å². The maximum absolute atomic E-state index is 9.03. The minimum absolute atomic E-state index is 0.182. The Morgan fingerprint density at radius 2 is 2.13 bits per heavy atom. The summed E-state index contributed by atoms with van der Waals surface area (Å²) in [5, 5.41) is 13.5. The molecule has 0 bridgehead atoms.